The summed E-state index contributed by atoms with van der Waals surface area (Å²) in [5.41, 5.74) is 3.68. The monoisotopic (exact) mass is 325 g/mol. The summed E-state index contributed by atoms with van der Waals surface area (Å²) >= 11 is 0. The summed E-state index contributed by atoms with van der Waals surface area (Å²) in [6.45, 7) is 2.49. The van der Waals surface area contributed by atoms with Gasteiger partial charge in [0, 0.05) is 13.0 Å². The van der Waals surface area contributed by atoms with Gasteiger partial charge < -0.3 is 10.3 Å². The molecule has 0 atom stereocenters. The van der Waals surface area contributed by atoms with Gasteiger partial charge in [0.05, 0.1) is 11.0 Å². The zero-order valence-electron chi connectivity index (χ0n) is 13.6. The Morgan fingerprint density at radius 2 is 2.04 bits per heavy atom. The molecule has 0 saturated carbocycles. The van der Waals surface area contributed by atoms with Crippen LogP contribution in [0.15, 0.2) is 42.5 Å². The number of benzene rings is 2. The highest BCUT2D eigenvalue weighted by Crippen LogP contribution is 2.14. The number of fused-ring (bicyclic) bond motifs is 1. The maximum absolute atomic E-state index is 13.5. The number of rotatable bonds is 6. The van der Waals surface area contributed by atoms with Gasteiger partial charge in [0.15, 0.2) is 0 Å². The molecular formula is C19H20FN3O. The van der Waals surface area contributed by atoms with E-state index in [-0.39, 0.29) is 11.7 Å². The highest BCUT2D eigenvalue weighted by molar-refractivity contribution is 5.77. The maximum Gasteiger partial charge on any atom is 0.220 e. The minimum absolute atomic E-state index is 0.0586. The van der Waals surface area contributed by atoms with Crippen molar-refractivity contribution in [1.29, 1.82) is 0 Å². The number of amides is 1. The van der Waals surface area contributed by atoms with Crippen molar-refractivity contribution >= 4 is 16.9 Å². The Morgan fingerprint density at radius 1 is 1.21 bits per heavy atom. The summed E-state index contributed by atoms with van der Waals surface area (Å²) in [6.07, 6.45) is 1.46. The minimum atomic E-state index is -0.256. The fourth-order valence-electron chi connectivity index (χ4n) is 2.72. The van der Waals surface area contributed by atoms with Gasteiger partial charge in [-0.25, -0.2) is 9.37 Å². The molecule has 0 bridgehead atoms. The van der Waals surface area contributed by atoms with Crippen LogP contribution in [0.3, 0.4) is 0 Å². The van der Waals surface area contributed by atoms with Gasteiger partial charge in [-0.1, -0.05) is 24.3 Å². The van der Waals surface area contributed by atoms with Gasteiger partial charge in [-0.15, -0.1) is 0 Å². The molecule has 0 aliphatic carbocycles. The first-order chi connectivity index (χ1) is 11.6. The number of imidazole rings is 1. The Kier molecular flexibility index (Phi) is 4.89. The van der Waals surface area contributed by atoms with Crippen LogP contribution in [0.25, 0.3) is 11.0 Å². The molecule has 0 aliphatic rings. The van der Waals surface area contributed by atoms with Gasteiger partial charge >= 0.3 is 0 Å². The number of carbonyl (C=O) groups excluding carboxylic acids is 1. The van der Waals surface area contributed by atoms with E-state index >= 15 is 0 Å². The Hall–Kier alpha value is -2.69. The highest BCUT2D eigenvalue weighted by Gasteiger charge is 2.06. The molecule has 0 saturated heterocycles. The number of nitrogens with zero attached hydrogens (tertiary/aromatic N) is 1. The number of aromatic amines is 1. The predicted octanol–water partition coefficient (Wildman–Crippen LogP) is 3.30. The number of hydrogen-bond acceptors (Lipinski definition) is 2. The molecule has 1 heterocycles. The molecule has 124 valence electrons. The summed E-state index contributed by atoms with van der Waals surface area (Å²) < 4.78 is 13.5. The van der Waals surface area contributed by atoms with E-state index in [0.717, 1.165) is 28.8 Å². The molecule has 0 aliphatic heterocycles. The van der Waals surface area contributed by atoms with E-state index in [9.17, 15) is 9.18 Å². The molecule has 4 nitrogen and oxygen atoms in total. The predicted molar refractivity (Wildman–Crippen MR) is 92.3 cm³/mol. The molecule has 0 fully saturated rings. The molecule has 2 N–H and O–H groups in total. The lowest BCUT2D eigenvalue weighted by atomic mass is 10.1. The number of carbonyl (C=O) groups is 1. The van der Waals surface area contributed by atoms with Gasteiger partial charge in [0.25, 0.3) is 0 Å². The largest absolute Gasteiger partial charge is 0.356 e. The van der Waals surface area contributed by atoms with Crippen molar-refractivity contribution in [2.24, 2.45) is 0 Å². The van der Waals surface area contributed by atoms with Crippen molar-refractivity contribution < 1.29 is 9.18 Å². The molecule has 0 spiro atoms. The Balaban J connectivity index is 1.46. The van der Waals surface area contributed by atoms with E-state index < -0.39 is 0 Å². The zero-order valence-corrected chi connectivity index (χ0v) is 13.6. The molecule has 1 amide bonds. The quantitative estimate of drug-likeness (QED) is 0.730. The van der Waals surface area contributed by atoms with Crippen molar-refractivity contribution in [2.75, 3.05) is 6.54 Å². The molecule has 5 heteroatoms. The number of aryl methyl sites for hydroxylation is 2. The van der Waals surface area contributed by atoms with Crippen molar-refractivity contribution in [3.05, 3.63) is 65.2 Å². The summed E-state index contributed by atoms with van der Waals surface area (Å²) in [5.74, 6) is 0.578. The Labute approximate surface area is 140 Å². The topological polar surface area (TPSA) is 57.8 Å². The van der Waals surface area contributed by atoms with Crippen LogP contribution in [-0.2, 0) is 17.6 Å². The molecule has 2 aromatic carbocycles. The molecule has 3 rings (SSSR count). The summed E-state index contributed by atoms with van der Waals surface area (Å²) in [6, 6.07) is 12.6. The van der Waals surface area contributed by atoms with Crippen LogP contribution >= 0.6 is 0 Å². The standard InChI is InChI=1S/C19H20FN3O/c1-13-22-17-8-6-14(12-18(17)23-13)10-11-21-19(24)9-7-15-4-2-3-5-16(15)20/h2-6,8,12H,7,9-11H2,1H3,(H,21,24)(H,22,23). The molecule has 0 radical (unpaired) electrons. The maximum atomic E-state index is 13.5. The van der Waals surface area contributed by atoms with E-state index in [2.05, 4.69) is 21.4 Å². The van der Waals surface area contributed by atoms with Gasteiger partial charge in [0.1, 0.15) is 11.6 Å². The number of hydrogen-bond donors (Lipinski definition) is 2. The second-order valence-corrected chi connectivity index (χ2v) is 5.87. The van der Waals surface area contributed by atoms with Crippen molar-refractivity contribution in [1.82, 2.24) is 15.3 Å². The molecule has 24 heavy (non-hydrogen) atoms. The lowest BCUT2D eigenvalue weighted by Gasteiger charge is -2.06. The summed E-state index contributed by atoms with van der Waals surface area (Å²) in [7, 11) is 0. The van der Waals surface area contributed by atoms with E-state index in [4.69, 9.17) is 0 Å². The number of aromatic nitrogens is 2. The van der Waals surface area contributed by atoms with Gasteiger partial charge in [-0.2, -0.15) is 0 Å². The fourth-order valence-corrected chi connectivity index (χ4v) is 2.72. The lowest BCUT2D eigenvalue weighted by molar-refractivity contribution is -0.121. The zero-order chi connectivity index (χ0) is 16.9. The van der Waals surface area contributed by atoms with Gasteiger partial charge in [-0.3, -0.25) is 4.79 Å². The van der Waals surface area contributed by atoms with E-state index in [0.29, 0.717) is 24.9 Å². The fraction of sp³-hybridized carbons (Fsp3) is 0.263. The van der Waals surface area contributed by atoms with Crippen LogP contribution < -0.4 is 5.32 Å². The molecule has 1 aromatic heterocycles. The smallest absolute Gasteiger partial charge is 0.220 e. The first-order valence-corrected chi connectivity index (χ1v) is 8.07. The van der Waals surface area contributed by atoms with Crippen LogP contribution in [0.5, 0.6) is 0 Å². The average molecular weight is 325 g/mol. The molecular weight excluding hydrogens is 305 g/mol. The van der Waals surface area contributed by atoms with Crippen LogP contribution in [-0.4, -0.2) is 22.4 Å². The first kappa shape index (κ1) is 16.2. The second-order valence-electron chi connectivity index (χ2n) is 5.87. The number of halogens is 1. The van der Waals surface area contributed by atoms with Gasteiger partial charge in [0.2, 0.25) is 5.91 Å². The Morgan fingerprint density at radius 3 is 2.88 bits per heavy atom. The summed E-state index contributed by atoms with van der Waals surface area (Å²) in [5, 5.41) is 2.89. The highest BCUT2D eigenvalue weighted by atomic mass is 19.1. The van der Waals surface area contributed by atoms with Crippen LogP contribution in [0.1, 0.15) is 23.4 Å². The van der Waals surface area contributed by atoms with E-state index in [1.54, 1.807) is 18.2 Å². The Bertz CT molecular complexity index is 857. The second kappa shape index (κ2) is 7.25. The number of H-pyrrole nitrogens is 1. The van der Waals surface area contributed by atoms with Crippen molar-refractivity contribution in [3.8, 4) is 0 Å². The molecule has 0 unspecified atom stereocenters. The molecule has 3 aromatic rings. The first-order valence-electron chi connectivity index (χ1n) is 8.07. The summed E-state index contributed by atoms with van der Waals surface area (Å²) in [4.78, 5) is 19.5. The SMILES string of the molecule is Cc1nc2ccc(CCNC(=O)CCc3ccccc3F)cc2[nH]1. The minimum Gasteiger partial charge on any atom is -0.356 e. The third-order valence-corrected chi connectivity index (χ3v) is 3.98. The van der Waals surface area contributed by atoms with Crippen LogP contribution in [0, 0.1) is 12.7 Å². The third-order valence-electron chi connectivity index (χ3n) is 3.98. The van der Waals surface area contributed by atoms with Crippen LogP contribution in [0.2, 0.25) is 0 Å². The lowest BCUT2D eigenvalue weighted by Crippen LogP contribution is -2.25. The van der Waals surface area contributed by atoms with Crippen molar-refractivity contribution in [3.63, 3.8) is 0 Å². The van der Waals surface area contributed by atoms with Crippen molar-refractivity contribution in [2.45, 2.75) is 26.2 Å². The normalized spacial score (nSPS) is 10.9. The van der Waals surface area contributed by atoms with Crippen LogP contribution in [0.4, 0.5) is 4.39 Å². The van der Waals surface area contributed by atoms with E-state index in [1.165, 1.54) is 6.07 Å². The average Bonchev–Trinajstić information content (AvgIpc) is 2.93. The number of nitrogens with one attached hydrogen (secondary N) is 2. The van der Waals surface area contributed by atoms with Gasteiger partial charge in [-0.05, 0) is 49.1 Å². The third kappa shape index (κ3) is 3.98. The van der Waals surface area contributed by atoms with E-state index in [1.807, 2.05) is 19.1 Å².